The van der Waals surface area contributed by atoms with Gasteiger partial charge in [0, 0.05) is 18.8 Å². The van der Waals surface area contributed by atoms with Crippen molar-refractivity contribution in [2.24, 2.45) is 11.8 Å². The molecule has 1 fully saturated rings. The zero-order chi connectivity index (χ0) is 45.2. The second-order valence-electron chi connectivity index (χ2n) is 16.7. The van der Waals surface area contributed by atoms with Crippen LogP contribution in [-0.2, 0) is 32.7 Å². The predicted molar refractivity (Wildman–Crippen MR) is 242 cm³/mol. The van der Waals surface area contributed by atoms with E-state index in [0.29, 0.717) is 30.3 Å². The standard InChI is InChI=1S/C48H80NO11P/c1-6-8-10-11-12-13-14-15-16-17-18-19-20-21-22-23-24-25-27-33-48(54)60-42(40-59-61(55,56)58-37-36-49(3,4)5)39-57-47(53)32-29-28-31-43-44(46(52)38-45(43)51)35-34-41(50)30-26-9-7-2/h8,10,12-13,15-16,18-19,21-22,28-29,34-35,41-46,50-52H,6-7,9,11,14,17,20,23-27,30-33,36-40H2,1-5H3/b10-8-,13-12-,16-15-,19-18-,22-21-,29-28-,35-34+/t41-,42-,43+,44-,45+,46-/m1/s1. The Balaban J connectivity index is 2.56. The lowest BCUT2D eigenvalue weighted by molar-refractivity contribution is -0.870. The molecule has 348 valence electrons. The van der Waals surface area contributed by atoms with Gasteiger partial charge in [-0.05, 0) is 70.1 Å². The van der Waals surface area contributed by atoms with Gasteiger partial charge >= 0.3 is 11.9 Å². The predicted octanol–water partition coefficient (Wildman–Crippen LogP) is 8.54. The van der Waals surface area contributed by atoms with Crippen molar-refractivity contribution in [1.29, 1.82) is 0 Å². The van der Waals surface area contributed by atoms with E-state index >= 15 is 0 Å². The summed E-state index contributed by atoms with van der Waals surface area (Å²) in [6, 6.07) is 0. The molecule has 0 heterocycles. The van der Waals surface area contributed by atoms with E-state index in [2.05, 4.69) is 74.6 Å². The highest BCUT2D eigenvalue weighted by Crippen LogP contribution is 2.38. The van der Waals surface area contributed by atoms with Crippen molar-refractivity contribution >= 4 is 19.8 Å². The van der Waals surface area contributed by atoms with E-state index in [-0.39, 0.29) is 37.7 Å². The Morgan fingerprint density at radius 1 is 0.770 bits per heavy atom. The SMILES string of the molecule is CC/C=C\C/C=C\C/C=C\C/C=C\C/C=C\CCCCCC(=O)O[C@H](COC(=O)C/C=C\C[C@H]1[C@@H](/C=C/[C@H](O)CCCCC)[C@H](O)C[C@@H]1O)COP(=O)([O-])OCC[N+](C)(C)C. The smallest absolute Gasteiger partial charge is 0.309 e. The normalized spacial score (nSPS) is 21.0. The van der Waals surface area contributed by atoms with Gasteiger partial charge in [0.25, 0.3) is 7.82 Å². The average molecular weight is 878 g/mol. The molecule has 1 aliphatic carbocycles. The number of carbonyl (C=O) groups is 2. The summed E-state index contributed by atoms with van der Waals surface area (Å²) in [5.41, 5.74) is 0. The Bertz CT molecular complexity index is 1430. The second-order valence-corrected chi connectivity index (χ2v) is 18.1. The van der Waals surface area contributed by atoms with Crippen LogP contribution in [0.15, 0.2) is 85.1 Å². The first-order valence-electron chi connectivity index (χ1n) is 22.6. The summed E-state index contributed by atoms with van der Waals surface area (Å²) in [7, 11) is 0.955. The number of hydrogen-bond acceptors (Lipinski definition) is 11. The molecule has 13 heteroatoms. The van der Waals surface area contributed by atoms with Gasteiger partial charge in [-0.25, -0.2) is 0 Å². The molecular formula is C48H80NO11P. The number of hydrogen-bond donors (Lipinski definition) is 3. The van der Waals surface area contributed by atoms with E-state index < -0.39 is 57.4 Å². The number of unbranched alkanes of at least 4 members (excludes halogenated alkanes) is 5. The number of esters is 2. The van der Waals surface area contributed by atoms with Crippen molar-refractivity contribution in [2.75, 3.05) is 47.5 Å². The summed E-state index contributed by atoms with van der Waals surface area (Å²) >= 11 is 0. The van der Waals surface area contributed by atoms with Gasteiger partial charge in [-0.3, -0.25) is 14.2 Å². The Labute approximate surface area is 368 Å². The molecule has 1 saturated carbocycles. The van der Waals surface area contributed by atoms with E-state index in [4.69, 9.17) is 18.5 Å². The number of likely N-dealkylation sites (N-methyl/N-ethyl adjacent to an activating group) is 1. The molecule has 1 aliphatic rings. The van der Waals surface area contributed by atoms with Gasteiger partial charge in [0.1, 0.15) is 19.8 Å². The van der Waals surface area contributed by atoms with Crippen LogP contribution in [0.1, 0.15) is 123 Å². The van der Waals surface area contributed by atoms with Crippen LogP contribution in [0.3, 0.4) is 0 Å². The Morgan fingerprint density at radius 2 is 1.41 bits per heavy atom. The summed E-state index contributed by atoms with van der Waals surface area (Å²) in [6.07, 6.45) is 37.4. The minimum atomic E-state index is -4.72. The molecule has 3 N–H and O–H groups in total. The first-order valence-corrected chi connectivity index (χ1v) is 24.0. The van der Waals surface area contributed by atoms with E-state index in [1.165, 1.54) is 0 Å². The van der Waals surface area contributed by atoms with Crippen LogP contribution in [0.2, 0.25) is 0 Å². The van der Waals surface area contributed by atoms with Gasteiger partial charge in [0.15, 0.2) is 6.10 Å². The molecule has 0 radical (unpaired) electrons. The largest absolute Gasteiger partial charge is 0.756 e. The van der Waals surface area contributed by atoms with Gasteiger partial charge in [-0.1, -0.05) is 125 Å². The molecule has 1 rings (SSSR count). The van der Waals surface area contributed by atoms with E-state index in [1.807, 2.05) is 21.1 Å². The summed E-state index contributed by atoms with van der Waals surface area (Å²) in [6.45, 7) is 3.56. The number of phosphoric acid groups is 1. The molecule has 0 bridgehead atoms. The van der Waals surface area contributed by atoms with Crippen molar-refractivity contribution in [2.45, 2.75) is 147 Å². The fourth-order valence-electron chi connectivity index (χ4n) is 6.42. The van der Waals surface area contributed by atoms with Crippen molar-refractivity contribution < 1.29 is 57.4 Å². The number of ether oxygens (including phenoxy) is 2. The lowest BCUT2D eigenvalue weighted by atomic mass is 9.89. The lowest BCUT2D eigenvalue weighted by Crippen LogP contribution is -2.37. The molecular weight excluding hydrogens is 797 g/mol. The number of nitrogens with zero attached hydrogens (tertiary/aromatic N) is 1. The number of aliphatic hydroxyl groups is 3. The van der Waals surface area contributed by atoms with Crippen LogP contribution >= 0.6 is 7.82 Å². The maximum atomic E-state index is 12.7. The number of quaternary nitrogens is 1. The van der Waals surface area contributed by atoms with Crippen LogP contribution in [-0.4, -0.2) is 104 Å². The minimum absolute atomic E-state index is 0.0927. The lowest BCUT2D eigenvalue weighted by Gasteiger charge is -2.28. The fraction of sp³-hybridized carbons (Fsp3) is 0.667. The third-order valence-corrected chi connectivity index (χ3v) is 11.0. The highest BCUT2D eigenvalue weighted by molar-refractivity contribution is 7.45. The van der Waals surface area contributed by atoms with Crippen LogP contribution in [0, 0.1) is 11.8 Å². The van der Waals surface area contributed by atoms with E-state index in [1.54, 1.807) is 24.3 Å². The number of carbonyl (C=O) groups excluding carboxylic acids is 2. The van der Waals surface area contributed by atoms with Crippen molar-refractivity contribution in [3.63, 3.8) is 0 Å². The number of rotatable bonds is 35. The molecule has 1 unspecified atom stereocenters. The van der Waals surface area contributed by atoms with Gasteiger partial charge in [0.2, 0.25) is 0 Å². The fourth-order valence-corrected chi connectivity index (χ4v) is 7.15. The van der Waals surface area contributed by atoms with Crippen molar-refractivity contribution in [1.82, 2.24) is 0 Å². The summed E-state index contributed by atoms with van der Waals surface area (Å²) in [5.74, 6) is -1.80. The van der Waals surface area contributed by atoms with Crippen molar-refractivity contribution in [3.05, 3.63) is 85.1 Å². The zero-order valence-corrected chi connectivity index (χ0v) is 38.8. The van der Waals surface area contributed by atoms with E-state index in [0.717, 1.165) is 70.6 Å². The Kier molecular flexibility index (Phi) is 31.8. The molecule has 0 amide bonds. The molecule has 61 heavy (non-hydrogen) atoms. The van der Waals surface area contributed by atoms with E-state index in [9.17, 15) is 34.4 Å². The zero-order valence-electron chi connectivity index (χ0n) is 37.9. The van der Waals surface area contributed by atoms with Gasteiger partial charge < -0.3 is 43.2 Å². The maximum absolute atomic E-state index is 12.7. The van der Waals surface area contributed by atoms with Crippen molar-refractivity contribution in [3.8, 4) is 0 Å². The molecule has 0 saturated heterocycles. The van der Waals surface area contributed by atoms with Gasteiger partial charge in [0.05, 0.1) is 52.5 Å². The van der Waals surface area contributed by atoms with Gasteiger partial charge in [-0.15, -0.1) is 0 Å². The molecule has 12 nitrogen and oxygen atoms in total. The van der Waals surface area contributed by atoms with Crippen LogP contribution in [0.4, 0.5) is 0 Å². The molecule has 0 aliphatic heterocycles. The Morgan fingerprint density at radius 3 is 2.03 bits per heavy atom. The minimum Gasteiger partial charge on any atom is -0.756 e. The monoisotopic (exact) mass is 878 g/mol. The second kappa shape index (κ2) is 34.5. The highest BCUT2D eigenvalue weighted by Gasteiger charge is 2.39. The van der Waals surface area contributed by atoms with Crippen LogP contribution < -0.4 is 4.89 Å². The summed E-state index contributed by atoms with van der Waals surface area (Å²) in [4.78, 5) is 37.8. The third kappa shape index (κ3) is 31.5. The average Bonchev–Trinajstić information content (AvgIpc) is 3.47. The Hall–Kier alpha value is -2.93. The summed E-state index contributed by atoms with van der Waals surface area (Å²) < 4.78 is 33.8. The molecule has 0 aromatic carbocycles. The van der Waals surface area contributed by atoms with Crippen LogP contribution in [0.5, 0.6) is 0 Å². The van der Waals surface area contributed by atoms with Crippen LogP contribution in [0.25, 0.3) is 0 Å². The molecule has 0 aromatic heterocycles. The highest BCUT2D eigenvalue weighted by atomic mass is 31.2. The van der Waals surface area contributed by atoms with Gasteiger partial charge in [-0.2, -0.15) is 0 Å². The number of aliphatic hydroxyl groups excluding tert-OH is 3. The first kappa shape index (κ1) is 56.1. The number of phosphoric ester groups is 1. The molecule has 7 atom stereocenters. The maximum Gasteiger partial charge on any atom is 0.309 e. The molecule has 0 spiro atoms. The first-order chi connectivity index (χ1) is 29.2. The third-order valence-electron chi connectivity index (χ3n) is 10.0. The topological polar surface area (TPSA) is 172 Å². The number of allylic oxidation sites excluding steroid dienone is 11. The molecule has 0 aromatic rings. The summed E-state index contributed by atoms with van der Waals surface area (Å²) in [5, 5.41) is 31.4. The quantitative estimate of drug-likeness (QED) is 0.0183.